The summed E-state index contributed by atoms with van der Waals surface area (Å²) in [6, 6.07) is 7.15. The van der Waals surface area contributed by atoms with E-state index < -0.39 is 0 Å². The average molecular weight is 233 g/mol. The normalized spacial score (nSPS) is 27.5. The van der Waals surface area contributed by atoms with Gasteiger partial charge in [0.15, 0.2) is 0 Å². The number of halogens is 1. The van der Waals surface area contributed by atoms with E-state index in [1.54, 1.807) is 12.1 Å². The van der Waals surface area contributed by atoms with Gasteiger partial charge in [-0.2, -0.15) is 0 Å². The maximum atomic E-state index is 13.0. The third-order valence-electron chi connectivity index (χ3n) is 4.69. The minimum Gasteiger partial charge on any atom is -0.316 e. The number of benzene rings is 1. The van der Waals surface area contributed by atoms with E-state index in [0.29, 0.717) is 11.3 Å². The monoisotopic (exact) mass is 233 g/mol. The van der Waals surface area contributed by atoms with Crippen molar-refractivity contribution in [1.29, 1.82) is 0 Å². The number of rotatable bonds is 1. The van der Waals surface area contributed by atoms with E-state index >= 15 is 0 Å². The summed E-state index contributed by atoms with van der Waals surface area (Å²) in [5.41, 5.74) is 1.77. The van der Waals surface area contributed by atoms with Crippen LogP contribution in [0.2, 0.25) is 0 Å². The van der Waals surface area contributed by atoms with Crippen LogP contribution in [0.3, 0.4) is 0 Å². The Kier molecular flexibility index (Phi) is 2.91. The molecule has 0 bridgehead atoms. The topological polar surface area (TPSA) is 12.0 Å². The lowest BCUT2D eigenvalue weighted by Crippen LogP contribution is -2.31. The molecule has 92 valence electrons. The van der Waals surface area contributed by atoms with E-state index in [0.717, 1.165) is 13.1 Å². The van der Waals surface area contributed by atoms with Crippen molar-refractivity contribution in [2.75, 3.05) is 13.1 Å². The van der Waals surface area contributed by atoms with Gasteiger partial charge in [-0.1, -0.05) is 31.4 Å². The summed E-state index contributed by atoms with van der Waals surface area (Å²) in [4.78, 5) is 0. The highest BCUT2D eigenvalue weighted by Gasteiger charge is 2.43. The molecule has 1 aliphatic heterocycles. The summed E-state index contributed by atoms with van der Waals surface area (Å²) >= 11 is 0. The molecule has 0 aromatic heterocycles. The Bertz CT molecular complexity index is 378. The van der Waals surface area contributed by atoms with Gasteiger partial charge in [-0.25, -0.2) is 4.39 Å². The summed E-state index contributed by atoms with van der Waals surface area (Å²) in [6.07, 6.45) is 6.78. The van der Waals surface area contributed by atoms with Crippen LogP contribution >= 0.6 is 0 Å². The van der Waals surface area contributed by atoms with Gasteiger partial charge in [0.1, 0.15) is 5.82 Å². The second-order valence-electron chi connectivity index (χ2n) is 5.66. The molecule has 1 aromatic rings. The molecular weight excluding hydrogens is 213 g/mol. The first kappa shape index (κ1) is 11.2. The molecule has 1 spiro atoms. The van der Waals surface area contributed by atoms with E-state index in [1.165, 1.54) is 37.7 Å². The molecular formula is C15H20FN. The highest BCUT2D eigenvalue weighted by Crippen LogP contribution is 2.49. The van der Waals surface area contributed by atoms with Crippen LogP contribution in [0.15, 0.2) is 24.3 Å². The van der Waals surface area contributed by atoms with Gasteiger partial charge in [-0.3, -0.25) is 0 Å². The van der Waals surface area contributed by atoms with Crippen LogP contribution in [0.4, 0.5) is 4.39 Å². The van der Waals surface area contributed by atoms with E-state index in [-0.39, 0.29) is 5.82 Å². The van der Waals surface area contributed by atoms with Gasteiger partial charge in [0.25, 0.3) is 0 Å². The zero-order valence-corrected chi connectivity index (χ0v) is 10.2. The Labute approximate surface area is 102 Å². The maximum Gasteiger partial charge on any atom is 0.123 e. The molecule has 1 unspecified atom stereocenters. The van der Waals surface area contributed by atoms with Crippen LogP contribution in [-0.4, -0.2) is 13.1 Å². The molecule has 3 rings (SSSR count). The van der Waals surface area contributed by atoms with Crippen LogP contribution in [0.5, 0.6) is 0 Å². The van der Waals surface area contributed by atoms with Crippen molar-refractivity contribution in [2.24, 2.45) is 5.41 Å². The van der Waals surface area contributed by atoms with Gasteiger partial charge in [-0.05, 0) is 36.0 Å². The Morgan fingerprint density at radius 2 is 1.76 bits per heavy atom. The molecule has 1 heterocycles. The van der Waals surface area contributed by atoms with Gasteiger partial charge in [0.2, 0.25) is 0 Å². The number of nitrogens with one attached hydrogen (secondary N) is 1. The zero-order valence-electron chi connectivity index (χ0n) is 10.2. The van der Waals surface area contributed by atoms with E-state index in [1.807, 2.05) is 12.1 Å². The number of hydrogen-bond acceptors (Lipinski definition) is 1. The van der Waals surface area contributed by atoms with Crippen LogP contribution < -0.4 is 5.32 Å². The SMILES string of the molecule is Fc1ccc(C2CNCC23CCCCC3)cc1. The zero-order chi connectivity index (χ0) is 11.7. The predicted molar refractivity (Wildman–Crippen MR) is 67.5 cm³/mol. The van der Waals surface area contributed by atoms with E-state index in [2.05, 4.69) is 5.32 Å². The molecule has 1 atom stereocenters. The Morgan fingerprint density at radius 1 is 1.06 bits per heavy atom. The average Bonchev–Trinajstić information content (AvgIpc) is 2.75. The summed E-state index contributed by atoms with van der Waals surface area (Å²) in [6.45, 7) is 2.21. The highest BCUT2D eigenvalue weighted by atomic mass is 19.1. The second-order valence-corrected chi connectivity index (χ2v) is 5.66. The minimum absolute atomic E-state index is 0.127. The maximum absolute atomic E-state index is 13.0. The van der Waals surface area contributed by atoms with Crippen molar-refractivity contribution in [2.45, 2.75) is 38.0 Å². The molecule has 0 radical (unpaired) electrons. The molecule has 2 heteroatoms. The van der Waals surface area contributed by atoms with Gasteiger partial charge < -0.3 is 5.32 Å². The molecule has 0 amide bonds. The van der Waals surface area contributed by atoms with Gasteiger partial charge in [-0.15, -0.1) is 0 Å². The minimum atomic E-state index is -0.127. The smallest absolute Gasteiger partial charge is 0.123 e. The third kappa shape index (κ3) is 1.99. The van der Waals surface area contributed by atoms with Crippen molar-refractivity contribution < 1.29 is 4.39 Å². The van der Waals surface area contributed by atoms with Crippen molar-refractivity contribution in [3.8, 4) is 0 Å². The molecule has 1 aromatic carbocycles. The molecule has 2 fully saturated rings. The molecule has 1 N–H and O–H groups in total. The summed E-state index contributed by atoms with van der Waals surface area (Å²) < 4.78 is 13.0. The second kappa shape index (κ2) is 4.41. The van der Waals surface area contributed by atoms with E-state index in [9.17, 15) is 4.39 Å². The molecule has 17 heavy (non-hydrogen) atoms. The Morgan fingerprint density at radius 3 is 2.47 bits per heavy atom. The fourth-order valence-electron chi connectivity index (χ4n) is 3.75. The predicted octanol–water partition coefficient (Wildman–Crippen LogP) is 3.46. The van der Waals surface area contributed by atoms with Crippen molar-refractivity contribution in [1.82, 2.24) is 5.32 Å². The third-order valence-corrected chi connectivity index (χ3v) is 4.69. The van der Waals surface area contributed by atoms with Gasteiger partial charge in [0, 0.05) is 19.0 Å². The molecule has 1 saturated carbocycles. The largest absolute Gasteiger partial charge is 0.316 e. The van der Waals surface area contributed by atoms with Crippen LogP contribution in [-0.2, 0) is 0 Å². The molecule has 1 aliphatic carbocycles. The molecule has 1 saturated heterocycles. The van der Waals surface area contributed by atoms with Crippen LogP contribution in [0.1, 0.15) is 43.6 Å². The lowest BCUT2D eigenvalue weighted by Gasteiger charge is -2.38. The Hall–Kier alpha value is -0.890. The summed E-state index contributed by atoms with van der Waals surface area (Å²) in [7, 11) is 0. The molecule has 2 aliphatic rings. The highest BCUT2D eigenvalue weighted by molar-refractivity contribution is 5.25. The van der Waals surface area contributed by atoms with E-state index in [4.69, 9.17) is 0 Å². The lowest BCUT2D eigenvalue weighted by atomic mass is 9.66. The van der Waals surface area contributed by atoms with Crippen molar-refractivity contribution >= 4 is 0 Å². The first-order valence-corrected chi connectivity index (χ1v) is 6.76. The molecule has 1 nitrogen and oxygen atoms in total. The van der Waals surface area contributed by atoms with Gasteiger partial charge >= 0.3 is 0 Å². The van der Waals surface area contributed by atoms with Gasteiger partial charge in [0.05, 0.1) is 0 Å². The first-order chi connectivity index (χ1) is 8.30. The summed E-state index contributed by atoms with van der Waals surface area (Å²) in [5.74, 6) is 0.459. The fraction of sp³-hybridized carbons (Fsp3) is 0.600. The fourth-order valence-corrected chi connectivity index (χ4v) is 3.75. The number of hydrogen-bond donors (Lipinski definition) is 1. The quantitative estimate of drug-likeness (QED) is 0.783. The van der Waals surface area contributed by atoms with Crippen LogP contribution in [0, 0.1) is 11.2 Å². The summed E-state index contributed by atoms with van der Waals surface area (Å²) in [5, 5.41) is 3.55. The standard InChI is InChI=1S/C15H20FN/c16-13-6-4-12(5-7-13)14-10-17-11-15(14)8-2-1-3-9-15/h4-7,14,17H,1-3,8-11H2. The van der Waals surface area contributed by atoms with Crippen molar-refractivity contribution in [3.63, 3.8) is 0 Å². The first-order valence-electron chi connectivity index (χ1n) is 6.76. The van der Waals surface area contributed by atoms with Crippen molar-refractivity contribution in [3.05, 3.63) is 35.6 Å². The Balaban J connectivity index is 1.88. The van der Waals surface area contributed by atoms with Crippen LogP contribution in [0.25, 0.3) is 0 Å². The lowest BCUT2D eigenvalue weighted by molar-refractivity contribution is 0.189.